The average molecular weight is 493 g/mol. The zero-order valence-corrected chi connectivity index (χ0v) is 17.9. The van der Waals surface area contributed by atoms with Crippen LogP contribution in [0, 0.1) is 5.41 Å². The van der Waals surface area contributed by atoms with Gasteiger partial charge in [0.05, 0.1) is 11.8 Å². The molecule has 2 fully saturated rings. The minimum absolute atomic E-state index is 0.0455. The molecule has 14 heteroatoms. The number of alkyl halides is 1. The molecule has 0 saturated carbocycles. The van der Waals surface area contributed by atoms with Crippen LogP contribution in [0.3, 0.4) is 0 Å². The number of ketones is 1. The molecule has 152 valence electrons. The Balaban J connectivity index is 1.62. The first-order valence-electron chi connectivity index (χ1n) is 8.15. The molecule has 0 spiro atoms. The molecule has 1 aromatic heterocycles. The van der Waals surface area contributed by atoms with Crippen LogP contribution < -0.4 is 5.32 Å². The zero-order valence-electron chi connectivity index (χ0n) is 14.7. The Hall–Kier alpha value is -1.67. The largest absolute Gasteiger partial charge is 0.481 e. The van der Waals surface area contributed by atoms with Gasteiger partial charge in [0.15, 0.2) is 5.78 Å². The highest BCUT2D eigenvalue weighted by Crippen LogP contribution is 2.44. The molecule has 3 rings (SSSR count). The molecule has 3 atom stereocenters. The number of halogens is 1. The van der Waals surface area contributed by atoms with Crippen molar-refractivity contribution in [1.82, 2.24) is 30.4 Å². The van der Waals surface area contributed by atoms with Crippen molar-refractivity contribution in [2.75, 3.05) is 23.4 Å². The van der Waals surface area contributed by atoms with E-state index in [0.717, 1.165) is 0 Å². The van der Waals surface area contributed by atoms with Crippen LogP contribution in [0.15, 0.2) is 5.16 Å². The number of carboxylic acid groups (broad SMARTS) is 1. The number of hydrogen-bond acceptors (Lipinski definition) is 9. The molecule has 2 amide bonds. The summed E-state index contributed by atoms with van der Waals surface area (Å²) < 4.78 is 1.45. The molecular weight excluding hydrogens is 476 g/mol. The highest BCUT2D eigenvalue weighted by molar-refractivity contribution is 9.09. The van der Waals surface area contributed by atoms with Crippen LogP contribution in [0.2, 0.25) is 0 Å². The number of thioether (sulfide) groups is 2. The number of rotatable bonds is 8. The zero-order chi connectivity index (χ0) is 20.5. The summed E-state index contributed by atoms with van der Waals surface area (Å²) in [4.78, 5) is 49.1. The Labute approximate surface area is 176 Å². The maximum atomic E-state index is 12.5. The van der Waals surface area contributed by atoms with E-state index in [9.17, 15) is 24.3 Å². The van der Waals surface area contributed by atoms with Gasteiger partial charge < -0.3 is 15.3 Å². The second-order valence-electron chi connectivity index (χ2n) is 6.52. The van der Waals surface area contributed by atoms with Crippen LogP contribution in [0.25, 0.3) is 0 Å². The number of nitrogens with one attached hydrogen (secondary N) is 1. The highest BCUT2D eigenvalue weighted by atomic mass is 79.9. The summed E-state index contributed by atoms with van der Waals surface area (Å²) in [5.41, 5.74) is -1.14. The van der Waals surface area contributed by atoms with Crippen molar-refractivity contribution in [2.45, 2.75) is 23.0 Å². The lowest BCUT2D eigenvalue weighted by molar-refractivity contribution is -0.157. The van der Waals surface area contributed by atoms with Crippen molar-refractivity contribution in [3.05, 3.63) is 0 Å². The van der Waals surface area contributed by atoms with E-state index in [1.54, 1.807) is 7.05 Å². The summed E-state index contributed by atoms with van der Waals surface area (Å²) in [5, 5.41) is 23.7. The van der Waals surface area contributed by atoms with E-state index in [2.05, 4.69) is 36.8 Å². The number of aliphatic carboxylic acids is 1. The number of amides is 2. The van der Waals surface area contributed by atoms with E-state index in [-0.39, 0.29) is 46.9 Å². The van der Waals surface area contributed by atoms with E-state index in [0.29, 0.717) is 5.16 Å². The molecule has 2 unspecified atom stereocenters. The summed E-state index contributed by atoms with van der Waals surface area (Å²) in [6.07, 6.45) is -0.298. The molecule has 2 N–H and O–H groups in total. The number of tetrazole rings is 1. The summed E-state index contributed by atoms with van der Waals surface area (Å²) in [6.45, 7) is 0.0455. The number of nitrogens with zero attached hydrogens (tertiary/aromatic N) is 5. The molecule has 0 aromatic carbocycles. The smallest absolute Gasteiger partial charge is 0.313 e. The van der Waals surface area contributed by atoms with Crippen molar-refractivity contribution in [3.8, 4) is 0 Å². The van der Waals surface area contributed by atoms with Gasteiger partial charge in [0, 0.05) is 25.1 Å². The number of carbonyl (C=O) groups is 4. The van der Waals surface area contributed by atoms with Crippen molar-refractivity contribution >= 4 is 63.0 Å². The first kappa shape index (κ1) is 21.0. The number of aryl methyl sites for hydroxylation is 1. The highest BCUT2D eigenvalue weighted by Gasteiger charge is 2.57. The molecule has 2 saturated heterocycles. The number of hydrogen-bond donors (Lipinski definition) is 2. The van der Waals surface area contributed by atoms with Gasteiger partial charge >= 0.3 is 5.97 Å². The Kier molecular flexibility index (Phi) is 6.29. The molecule has 1 aromatic rings. The Bertz CT molecular complexity index is 822. The topological polar surface area (TPSA) is 147 Å². The fourth-order valence-corrected chi connectivity index (χ4v) is 5.81. The summed E-state index contributed by atoms with van der Waals surface area (Å²) in [7, 11) is 1.66. The maximum absolute atomic E-state index is 12.5. The van der Waals surface area contributed by atoms with Crippen molar-refractivity contribution < 1.29 is 24.3 Å². The molecule has 28 heavy (non-hydrogen) atoms. The predicted octanol–water partition coefficient (Wildman–Crippen LogP) is -0.873. The van der Waals surface area contributed by atoms with Crippen LogP contribution in [0.4, 0.5) is 0 Å². The third kappa shape index (κ3) is 4.03. The molecule has 2 aliphatic heterocycles. The van der Waals surface area contributed by atoms with Gasteiger partial charge in [0.1, 0.15) is 16.8 Å². The third-order valence-electron chi connectivity index (χ3n) is 4.48. The van der Waals surface area contributed by atoms with Gasteiger partial charge in [0.2, 0.25) is 17.0 Å². The van der Waals surface area contributed by atoms with Crippen LogP contribution >= 0.6 is 39.5 Å². The Morgan fingerprint density at radius 3 is 2.82 bits per heavy atom. The quantitative estimate of drug-likeness (QED) is 0.203. The second-order valence-corrected chi connectivity index (χ2v) is 9.13. The Morgan fingerprint density at radius 1 is 1.46 bits per heavy atom. The summed E-state index contributed by atoms with van der Waals surface area (Å²) in [5.74, 6) is -1.64. The van der Waals surface area contributed by atoms with E-state index in [1.807, 2.05) is 0 Å². The fraction of sp³-hybridized carbons (Fsp3) is 0.643. The van der Waals surface area contributed by atoms with E-state index < -0.39 is 23.3 Å². The van der Waals surface area contributed by atoms with Gasteiger partial charge in [-0.15, -0.1) is 16.9 Å². The number of β-lactam (4-membered cyclic amide) rings is 1. The Morgan fingerprint density at radius 2 is 2.21 bits per heavy atom. The number of carbonyl (C=O) groups excluding carboxylic acids is 3. The van der Waals surface area contributed by atoms with Crippen molar-refractivity contribution in [3.63, 3.8) is 0 Å². The molecule has 11 nitrogen and oxygen atoms in total. The van der Waals surface area contributed by atoms with Crippen LogP contribution in [0.5, 0.6) is 0 Å². The monoisotopic (exact) mass is 492 g/mol. The van der Waals surface area contributed by atoms with Gasteiger partial charge in [-0.2, -0.15) is 0 Å². The first-order valence-corrected chi connectivity index (χ1v) is 11.3. The second kappa shape index (κ2) is 8.37. The van der Waals surface area contributed by atoms with Gasteiger partial charge in [0.25, 0.3) is 0 Å². The van der Waals surface area contributed by atoms with E-state index in [1.165, 1.54) is 33.1 Å². The molecule has 0 radical (unpaired) electrons. The lowest BCUT2D eigenvalue weighted by Gasteiger charge is -2.53. The van der Waals surface area contributed by atoms with E-state index in [4.69, 9.17) is 0 Å². The lowest BCUT2D eigenvalue weighted by atomic mass is 9.89. The predicted molar refractivity (Wildman–Crippen MR) is 103 cm³/mol. The van der Waals surface area contributed by atoms with Crippen molar-refractivity contribution in [1.29, 1.82) is 0 Å². The summed E-state index contributed by atoms with van der Waals surface area (Å²) >= 11 is 5.52. The van der Waals surface area contributed by atoms with Gasteiger partial charge in [-0.05, 0) is 10.4 Å². The first-order chi connectivity index (χ1) is 13.3. The SMILES string of the molecule is Cn1nnnc1SCC1(C(=O)O)CS[C@@H]2C(NC(=O)CC(=O)CBr)C(=O)N2C1. The van der Waals surface area contributed by atoms with Gasteiger partial charge in [-0.25, -0.2) is 4.68 Å². The molecule has 0 bridgehead atoms. The number of Topliss-reactive ketones (excluding diaryl/α,β-unsaturated/α-hetero) is 1. The molecule has 0 aliphatic carbocycles. The summed E-state index contributed by atoms with van der Waals surface area (Å²) in [6, 6.07) is -0.733. The minimum atomic E-state index is -1.14. The minimum Gasteiger partial charge on any atom is -0.481 e. The normalized spacial score (nSPS) is 26.4. The molecule has 2 aliphatic rings. The van der Waals surface area contributed by atoms with Crippen molar-refractivity contribution in [2.24, 2.45) is 12.5 Å². The molecular formula is C14H17BrN6O5S2. The third-order valence-corrected chi connectivity index (χ3v) is 7.99. The van der Waals surface area contributed by atoms with E-state index >= 15 is 0 Å². The van der Waals surface area contributed by atoms with Gasteiger partial charge in [-0.3, -0.25) is 19.2 Å². The van der Waals surface area contributed by atoms with Crippen LogP contribution in [-0.2, 0) is 26.2 Å². The lowest BCUT2D eigenvalue weighted by Crippen LogP contribution is -2.74. The average Bonchev–Trinajstić information content (AvgIpc) is 3.08. The van der Waals surface area contributed by atoms with Crippen LogP contribution in [0.1, 0.15) is 6.42 Å². The fourth-order valence-electron chi connectivity index (χ4n) is 2.90. The number of fused-ring (bicyclic) bond motifs is 1. The molecule has 3 heterocycles. The van der Waals surface area contributed by atoms with Crippen LogP contribution in [-0.4, -0.2) is 88.6 Å². The number of carboxylic acids is 1. The maximum Gasteiger partial charge on any atom is 0.313 e. The standard InChI is InChI=1S/C14H17BrN6O5S2/c1-20-13(17-18-19-20)28-6-14(12(25)26)4-21-10(24)9(11(21)27-5-14)16-8(23)2-7(22)3-15/h9,11H,2-6H2,1H3,(H,16,23)(H,25,26)/t9?,11-,14?/m1/s1. The van der Waals surface area contributed by atoms with Gasteiger partial charge in [-0.1, -0.05) is 27.7 Å². The number of aromatic nitrogens is 4.